The first-order valence-electron chi connectivity index (χ1n) is 8.29. The summed E-state index contributed by atoms with van der Waals surface area (Å²) in [5.41, 5.74) is 0.199. The average molecular weight is 356 g/mol. The molecule has 0 saturated carbocycles. The minimum Gasteiger partial charge on any atom is -0.464 e. The number of thiazole rings is 1. The molecule has 1 heterocycles. The Hall–Kier alpha value is -1.47. The number of aliphatic hydroxyl groups is 1. The third-order valence-electron chi connectivity index (χ3n) is 4.07. The van der Waals surface area contributed by atoms with E-state index in [4.69, 9.17) is 0 Å². The molecule has 0 aliphatic carbocycles. The zero-order valence-corrected chi connectivity index (χ0v) is 15.9. The van der Waals surface area contributed by atoms with Gasteiger partial charge in [-0.3, -0.25) is 4.79 Å². The number of nitrogens with zero attached hydrogens (tertiary/aromatic N) is 2. The van der Waals surface area contributed by atoms with Crippen molar-refractivity contribution >= 4 is 23.2 Å². The summed E-state index contributed by atoms with van der Waals surface area (Å²) in [6, 6.07) is -0.0881. The summed E-state index contributed by atoms with van der Waals surface area (Å²) in [5.74, 6) is -0.218. The number of carbonyl (C=O) groups excluding carboxylic acids is 2. The first kappa shape index (κ1) is 20.6. The average Bonchev–Trinajstić information content (AvgIpc) is 3.05. The fourth-order valence-electron chi connectivity index (χ4n) is 2.54. The summed E-state index contributed by atoms with van der Waals surface area (Å²) in [7, 11) is 3.08. The Morgan fingerprint density at radius 2 is 2.08 bits per heavy atom. The minimum atomic E-state index is -0.817. The molecule has 1 N–H and O–H groups in total. The number of carbonyl (C=O) groups is 2. The van der Waals surface area contributed by atoms with Gasteiger partial charge in [-0.25, -0.2) is 9.78 Å². The predicted octanol–water partition coefficient (Wildman–Crippen LogP) is 3.03. The lowest BCUT2D eigenvalue weighted by atomic mass is 9.96. The Kier molecular flexibility index (Phi) is 8.35. The molecule has 1 rings (SSSR count). The molecule has 0 aliphatic rings. The van der Waals surface area contributed by atoms with Gasteiger partial charge in [-0.2, -0.15) is 0 Å². The van der Waals surface area contributed by atoms with E-state index >= 15 is 0 Å². The number of amides is 1. The third kappa shape index (κ3) is 5.56. The molecule has 0 aliphatic heterocycles. The van der Waals surface area contributed by atoms with Crippen LogP contribution in [-0.2, 0) is 9.53 Å². The topological polar surface area (TPSA) is 79.7 Å². The van der Waals surface area contributed by atoms with Gasteiger partial charge in [0.15, 0.2) is 5.69 Å². The second kappa shape index (κ2) is 9.74. The standard InChI is InChI=1S/C17H28N2O4S/c1-6-7-8-15(21)19(4)13(11(2)3)9-14(20)16-18-12(10-24-16)17(22)23-5/h10-11,13-14,20H,6-9H2,1-5H3/t13-,14-/m1/s1. The molecule has 0 spiro atoms. The molecular formula is C17H28N2O4S. The van der Waals surface area contributed by atoms with Crippen molar-refractivity contribution in [1.82, 2.24) is 9.88 Å². The zero-order chi connectivity index (χ0) is 18.3. The number of hydrogen-bond acceptors (Lipinski definition) is 6. The van der Waals surface area contributed by atoms with Gasteiger partial charge in [-0.05, 0) is 12.3 Å². The van der Waals surface area contributed by atoms with E-state index in [1.165, 1.54) is 18.4 Å². The van der Waals surface area contributed by atoms with Crippen molar-refractivity contribution in [2.75, 3.05) is 14.2 Å². The van der Waals surface area contributed by atoms with Crippen LogP contribution in [0.5, 0.6) is 0 Å². The lowest BCUT2D eigenvalue weighted by Crippen LogP contribution is -2.41. The number of esters is 1. The Balaban J connectivity index is 2.78. The molecule has 136 valence electrons. The highest BCUT2D eigenvalue weighted by Gasteiger charge is 2.27. The normalized spacial score (nSPS) is 13.6. The van der Waals surface area contributed by atoms with E-state index in [1.54, 1.807) is 17.3 Å². The fraction of sp³-hybridized carbons (Fsp3) is 0.706. The number of aromatic nitrogens is 1. The maximum Gasteiger partial charge on any atom is 0.357 e. The van der Waals surface area contributed by atoms with Crippen molar-refractivity contribution in [3.8, 4) is 0 Å². The third-order valence-corrected chi connectivity index (χ3v) is 5.02. The van der Waals surface area contributed by atoms with E-state index in [-0.39, 0.29) is 23.6 Å². The molecule has 7 heteroatoms. The molecule has 1 aromatic rings. The van der Waals surface area contributed by atoms with Crippen LogP contribution in [0.1, 0.15) is 68.1 Å². The van der Waals surface area contributed by atoms with Crippen LogP contribution in [0.2, 0.25) is 0 Å². The van der Waals surface area contributed by atoms with E-state index in [0.29, 0.717) is 17.8 Å². The molecule has 2 atom stereocenters. The number of ether oxygens (including phenoxy) is 1. The van der Waals surface area contributed by atoms with Gasteiger partial charge >= 0.3 is 5.97 Å². The number of methoxy groups -OCH3 is 1. The van der Waals surface area contributed by atoms with Gasteiger partial charge in [-0.15, -0.1) is 11.3 Å². The summed E-state index contributed by atoms with van der Waals surface area (Å²) < 4.78 is 4.63. The number of rotatable bonds is 9. The van der Waals surface area contributed by atoms with E-state index < -0.39 is 12.1 Å². The van der Waals surface area contributed by atoms with Crippen LogP contribution < -0.4 is 0 Å². The number of hydrogen-bond donors (Lipinski definition) is 1. The minimum absolute atomic E-state index is 0.0881. The smallest absolute Gasteiger partial charge is 0.357 e. The maximum absolute atomic E-state index is 12.3. The molecule has 6 nitrogen and oxygen atoms in total. The van der Waals surface area contributed by atoms with Crippen molar-refractivity contribution in [1.29, 1.82) is 0 Å². The molecule has 1 amide bonds. The summed E-state index contributed by atoms with van der Waals surface area (Å²) in [6.07, 6.45) is 1.94. The monoisotopic (exact) mass is 356 g/mol. The van der Waals surface area contributed by atoms with Crippen LogP contribution in [0.3, 0.4) is 0 Å². The van der Waals surface area contributed by atoms with Gasteiger partial charge in [0.25, 0.3) is 0 Å². The molecule has 1 aromatic heterocycles. The predicted molar refractivity (Wildman–Crippen MR) is 94.0 cm³/mol. The molecule has 0 radical (unpaired) electrons. The van der Waals surface area contributed by atoms with Crippen molar-refractivity contribution in [2.45, 2.75) is 58.6 Å². The Morgan fingerprint density at radius 1 is 1.42 bits per heavy atom. The summed E-state index contributed by atoms with van der Waals surface area (Å²) in [5, 5.41) is 12.5. The molecule has 0 fully saturated rings. The van der Waals surface area contributed by atoms with Crippen LogP contribution in [0, 0.1) is 5.92 Å². The highest BCUT2D eigenvalue weighted by atomic mass is 32.1. The SMILES string of the molecule is CCCCC(=O)N(C)[C@H](C[C@@H](O)c1nc(C(=O)OC)cs1)C(C)C. The Morgan fingerprint density at radius 3 is 2.62 bits per heavy atom. The highest BCUT2D eigenvalue weighted by molar-refractivity contribution is 7.09. The summed E-state index contributed by atoms with van der Waals surface area (Å²) in [6.45, 7) is 6.11. The van der Waals surface area contributed by atoms with Crippen LogP contribution in [-0.4, -0.2) is 47.1 Å². The Labute approximate surface area is 147 Å². The first-order chi connectivity index (χ1) is 11.3. The second-order valence-corrected chi connectivity index (χ2v) is 7.12. The van der Waals surface area contributed by atoms with E-state index in [9.17, 15) is 14.7 Å². The van der Waals surface area contributed by atoms with Crippen molar-refractivity contribution in [3.63, 3.8) is 0 Å². The number of unbranched alkanes of at least 4 members (excludes halogenated alkanes) is 1. The van der Waals surface area contributed by atoms with Gasteiger partial charge < -0.3 is 14.7 Å². The van der Waals surface area contributed by atoms with E-state index in [0.717, 1.165) is 12.8 Å². The van der Waals surface area contributed by atoms with Gasteiger partial charge in [-0.1, -0.05) is 27.2 Å². The van der Waals surface area contributed by atoms with Crippen LogP contribution >= 0.6 is 11.3 Å². The van der Waals surface area contributed by atoms with Crippen molar-refractivity contribution in [3.05, 3.63) is 16.1 Å². The van der Waals surface area contributed by atoms with Crippen LogP contribution in [0.4, 0.5) is 0 Å². The molecule has 24 heavy (non-hydrogen) atoms. The molecule has 0 saturated heterocycles. The van der Waals surface area contributed by atoms with Crippen LogP contribution in [0.15, 0.2) is 5.38 Å². The first-order valence-corrected chi connectivity index (χ1v) is 9.17. The maximum atomic E-state index is 12.3. The highest BCUT2D eigenvalue weighted by Crippen LogP contribution is 2.27. The van der Waals surface area contributed by atoms with E-state index in [1.807, 2.05) is 13.8 Å². The van der Waals surface area contributed by atoms with E-state index in [2.05, 4.69) is 16.6 Å². The molecular weight excluding hydrogens is 328 g/mol. The summed E-state index contributed by atoms with van der Waals surface area (Å²) in [4.78, 5) is 29.6. The number of aliphatic hydroxyl groups excluding tert-OH is 1. The van der Waals surface area contributed by atoms with Crippen molar-refractivity contribution < 1.29 is 19.4 Å². The van der Waals surface area contributed by atoms with Crippen molar-refractivity contribution in [2.24, 2.45) is 5.92 Å². The Bertz CT molecular complexity index is 544. The van der Waals surface area contributed by atoms with Gasteiger partial charge in [0.1, 0.15) is 11.1 Å². The quantitative estimate of drug-likeness (QED) is 0.688. The molecule has 0 bridgehead atoms. The summed E-state index contributed by atoms with van der Waals surface area (Å²) >= 11 is 1.22. The lowest BCUT2D eigenvalue weighted by Gasteiger charge is -2.32. The zero-order valence-electron chi connectivity index (χ0n) is 15.1. The van der Waals surface area contributed by atoms with Gasteiger partial charge in [0.2, 0.25) is 5.91 Å². The van der Waals surface area contributed by atoms with Gasteiger partial charge in [0.05, 0.1) is 7.11 Å². The lowest BCUT2D eigenvalue weighted by molar-refractivity contribution is -0.133. The largest absolute Gasteiger partial charge is 0.464 e. The van der Waals surface area contributed by atoms with Crippen LogP contribution in [0.25, 0.3) is 0 Å². The second-order valence-electron chi connectivity index (χ2n) is 6.23. The van der Waals surface area contributed by atoms with Gasteiger partial charge in [0, 0.05) is 31.3 Å². The molecule has 0 unspecified atom stereocenters. The fourth-order valence-corrected chi connectivity index (χ4v) is 3.32. The molecule has 0 aromatic carbocycles.